The van der Waals surface area contributed by atoms with E-state index in [1.165, 1.54) is 25.7 Å². The van der Waals surface area contributed by atoms with Gasteiger partial charge in [0, 0.05) is 25.1 Å². The summed E-state index contributed by atoms with van der Waals surface area (Å²) in [6.07, 6.45) is 11.3. The van der Waals surface area contributed by atoms with Crippen molar-refractivity contribution < 1.29 is 14.6 Å². The van der Waals surface area contributed by atoms with Crippen LogP contribution in [0, 0.1) is 11.8 Å². The van der Waals surface area contributed by atoms with Crippen molar-refractivity contribution in [3.8, 4) is 5.88 Å². The van der Waals surface area contributed by atoms with Crippen LogP contribution in [0.3, 0.4) is 0 Å². The van der Waals surface area contributed by atoms with Gasteiger partial charge in [-0.2, -0.15) is 4.98 Å². The second-order valence-corrected chi connectivity index (χ2v) is 7.67. The van der Waals surface area contributed by atoms with E-state index in [1.807, 2.05) is 6.20 Å². The van der Waals surface area contributed by atoms with Gasteiger partial charge < -0.3 is 19.5 Å². The molecule has 0 amide bonds. The first-order valence-electron chi connectivity index (χ1n) is 9.78. The summed E-state index contributed by atoms with van der Waals surface area (Å²) in [7, 11) is 0. The van der Waals surface area contributed by atoms with E-state index < -0.39 is 0 Å². The molecule has 1 aromatic rings. The lowest BCUT2D eigenvalue weighted by molar-refractivity contribution is -0.0438. The van der Waals surface area contributed by atoms with Gasteiger partial charge in [0.1, 0.15) is 0 Å². The van der Waals surface area contributed by atoms with E-state index in [-0.39, 0.29) is 18.1 Å². The van der Waals surface area contributed by atoms with Crippen molar-refractivity contribution in [2.45, 2.75) is 57.1 Å². The number of rotatable bonds is 5. The van der Waals surface area contributed by atoms with Crippen LogP contribution in [0.4, 0.5) is 5.82 Å². The Hall–Kier alpha value is -1.40. The van der Waals surface area contributed by atoms with Gasteiger partial charge in [0.2, 0.25) is 5.88 Å². The average Bonchev–Trinajstić information content (AvgIpc) is 3.32. The van der Waals surface area contributed by atoms with Crippen LogP contribution in [0.5, 0.6) is 5.88 Å². The first kappa shape index (κ1) is 17.0. The number of nitrogens with zero attached hydrogens (tertiary/aromatic N) is 3. The third kappa shape index (κ3) is 3.90. The largest absolute Gasteiger partial charge is 0.476 e. The first-order valence-corrected chi connectivity index (χ1v) is 9.78. The standard InChI is InChI=1S/C19H29N3O3/c23-17-7-9-24-13-15(17)16-6-3-8-22(16)18-10-20-11-19(21-18)25-12-14-4-1-2-5-14/h10-11,14-17,23H,1-9,12-13H2/t15-,16+,17+/m0/s1. The predicted molar refractivity (Wildman–Crippen MR) is 94.8 cm³/mol. The van der Waals surface area contributed by atoms with Crippen LogP contribution in [0.2, 0.25) is 0 Å². The number of aliphatic hydroxyl groups excluding tert-OH is 1. The van der Waals surface area contributed by atoms with E-state index in [1.54, 1.807) is 6.20 Å². The number of aliphatic hydroxyl groups is 1. The molecule has 0 unspecified atom stereocenters. The summed E-state index contributed by atoms with van der Waals surface area (Å²) >= 11 is 0. The lowest BCUT2D eigenvalue weighted by atomic mass is 9.89. The maximum Gasteiger partial charge on any atom is 0.234 e. The molecule has 0 spiro atoms. The third-order valence-corrected chi connectivity index (χ3v) is 5.99. The molecule has 4 rings (SSSR count). The van der Waals surface area contributed by atoms with Gasteiger partial charge in [-0.05, 0) is 38.0 Å². The van der Waals surface area contributed by atoms with Crippen molar-refractivity contribution in [2.75, 3.05) is 31.3 Å². The molecule has 1 saturated carbocycles. The van der Waals surface area contributed by atoms with Crippen LogP contribution in [0.25, 0.3) is 0 Å². The molecule has 138 valence electrons. The Labute approximate surface area is 149 Å². The number of hydrogen-bond acceptors (Lipinski definition) is 6. The minimum absolute atomic E-state index is 0.154. The lowest BCUT2D eigenvalue weighted by Crippen LogP contribution is -2.46. The summed E-state index contributed by atoms with van der Waals surface area (Å²) < 4.78 is 11.5. The molecule has 2 saturated heterocycles. The van der Waals surface area contributed by atoms with Gasteiger partial charge in [-0.3, -0.25) is 4.98 Å². The molecule has 0 bridgehead atoms. The molecule has 3 fully saturated rings. The number of aromatic nitrogens is 2. The van der Waals surface area contributed by atoms with Crippen LogP contribution in [-0.4, -0.2) is 53.6 Å². The average molecular weight is 347 g/mol. The third-order valence-electron chi connectivity index (χ3n) is 5.99. The Kier molecular flexibility index (Phi) is 5.36. The van der Waals surface area contributed by atoms with Gasteiger partial charge in [0.05, 0.1) is 31.7 Å². The SMILES string of the molecule is O[C@@H]1CCOC[C@H]1[C@H]1CCCN1c1cncc(OCC2CCCC2)n1. The van der Waals surface area contributed by atoms with Gasteiger partial charge in [0.25, 0.3) is 0 Å². The van der Waals surface area contributed by atoms with Gasteiger partial charge in [-0.15, -0.1) is 0 Å². The van der Waals surface area contributed by atoms with Gasteiger partial charge >= 0.3 is 0 Å². The number of ether oxygens (including phenoxy) is 2. The molecule has 0 radical (unpaired) electrons. The van der Waals surface area contributed by atoms with Crippen molar-refractivity contribution in [1.82, 2.24) is 9.97 Å². The second-order valence-electron chi connectivity index (χ2n) is 7.67. The highest BCUT2D eigenvalue weighted by Crippen LogP contribution is 2.33. The fourth-order valence-electron chi connectivity index (χ4n) is 4.56. The molecule has 1 aliphatic carbocycles. The normalized spacial score (nSPS) is 30.8. The van der Waals surface area contributed by atoms with Crippen LogP contribution in [-0.2, 0) is 4.74 Å². The first-order chi connectivity index (χ1) is 12.3. The molecular weight excluding hydrogens is 318 g/mol. The maximum atomic E-state index is 10.4. The van der Waals surface area contributed by atoms with E-state index in [4.69, 9.17) is 14.5 Å². The van der Waals surface area contributed by atoms with E-state index in [0.29, 0.717) is 25.0 Å². The quantitative estimate of drug-likeness (QED) is 0.882. The Morgan fingerprint density at radius 2 is 2.04 bits per heavy atom. The highest BCUT2D eigenvalue weighted by molar-refractivity contribution is 5.41. The zero-order valence-electron chi connectivity index (χ0n) is 14.8. The highest BCUT2D eigenvalue weighted by atomic mass is 16.5. The maximum absolute atomic E-state index is 10.4. The van der Waals surface area contributed by atoms with Crippen LogP contribution in [0.1, 0.15) is 44.9 Å². The molecule has 1 aromatic heterocycles. The molecule has 3 aliphatic rings. The minimum Gasteiger partial charge on any atom is -0.476 e. The molecule has 3 heterocycles. The Balaban J connectivity index is 1.43. The van der Waals surface area contributed by atoms with Crippen molar-refractivity contribution in [3.63, 3.8) is 0 Å². The van der Waals surface area contributed by atoms with E-state index >= 15 is 0 Å². The summed E-state index contributed by atoms with van der Waals surface area (Å²) in [5.74, 6) is 2.31. The minimum atomic E-state index is -0.283. The van der Waals surface area contributed by atoms with Crippen molar-refractivity contribution in [1.29, 1.82) is 0 Å². The summed E-state index contributed by atoms with van der Waals surface area (Å²) in [5.41, 5.74) is 0. The number of anilines is 1. The van der Waals surface area contributed by atoms with Crippen molar-refractivity contribution in [2.24, 2.45) is 11.8 Å². The molecule has 25 heavy (non-hydrogen) atoms. The number of hydrogen-bond donors (Lipinski definition) is 1. The van der Waals surface area contributed by atoms with E-state index in [2.05, 4.69) is 9.88 Å². The predicted octanol–water partition coefficient (Wildman–Crippen LogP) is 2.41. The van der Waals surface area contributed by atoms with E-state index in [0.717, 1.165) is 38.2 Å². The summed E-state index contributed by atoms with van der Waals surface area (Å²) in [6, 6.07) is 0.273. The van der Waals surface area contributed by atoms with Crippen LogP contribution < -0.4 is 9.64 Å². The second kappa shape index (κ2) is 7.87. The Morgan fingerprint density at radius 1 is 1.16 bits per heavy atom. The highest BCUT2D eigenvalue weighted by Gasteiger charge is 2.38. The van der Waals surface area contributed by atoms with E-state index in [9.17, 15) is 5.11 Å². The summed E-state index contributed by atoms with van der Waals surface area (Å²) in [4.78, 5) is 11.3. The molecule has 0 aromatic carbocycles. The fourth-order valence-corrected chi connectivity index (χ4v) is 4.56. The summed E-state index contributed by atoms with van der Waals surface area (Å²) in [6.45, 7) is 2.99. The lowest BCUT2D eigenvalue weighted by Gasteiger charge is -2.37. The Bertz CT molecular complexity index is 565. The smallest absolute Gasteiger partial charge is 0.234 e. The monoisotopic (exact) mass is 347 g/mol. The van der Waals surface area contributed by atoms with Gasteiger partial charge in [-0.1, -0.05) is 12.8 Å². The molecular formula is C19H29N3O3. The summed E-state index contributed by atoms with van der Waals surface area (Å²) in [5, 5.41) is 10.4. The van der Waals surface area contributed by atoms with Crippen molar-refractivity contribution in [3.05, 3.63) is 12.4 Å². The zero-order valence-corrected chi connectivity index (χ0v) is 14.8. The van der Waals surface area contributed by atoms with Crippen LogP contribution >= 0.6 is 0 Å². The molecule has 6 heteroatoms. The fraction of sp³-hybridized carbons (Fsp3) is 0.789. The molecule has 3 atom stereocenters. The molecule has 1 N–H and O–H groups in total. The van der Waals surface area contributed by atoms with Gasteiger partial charge in [0.15, 0.2) is 5.82 Å². The van der Waals surface area contributed by atoms with Gasteiger partial charge in [-0.25, -0.2) is 0 Å². The molecule has 2 aliphatic heterocycles. The van der Waals surface area contributed by atoms with Crippen molar-refractivity contribution >= 4 is 5.82 Å². The topological polar surface area (TPSA) is 67.7 Å². The zero-order chi connectivity index (χ0) is 17.1. The van der Waals surface area contributed by atoms with Crippen LogP contribution in [0.15, 0.2) is 12.4 Å². The Morgan fingerprint density at radius 3 is 2.88 bits per heavy atom. The molecule has 6 nitrogen and oxygen atoms in total.